The molecule has 0 aromatic heterocycles. The van der Waals surface area contributed by atoms with Gasteiger partial charge in [-0.05, 0) is 38.1 Å². The van der Waals surface area contributed by atoms with E-state index in [9.17, 15) is 0 Å². The Morgan fingerprint density at radius 3 is 2.69 bits per heavy atom. The molecule has 1 N–H and O–H groups in total. The van der Waals surface area contributed by atoms with E-state index in [1.54, 1.807) is 0 Å². The van der Waals surface area contributed by atoms with E-state index in [0.717, 1.165) is 30.8 Å². The first-order valence-electron chi connectivity index (χ1n) is 5.42. The lowest BCUT2D eigenvalue weighted by molar-refractivity contribution is 0.435. The SMILES string of the molecule is CC#CCCC(NCC)C1CC1C. The summed E-state index contributed by atoms with van der Waals surface area (Å²) >= 11 is 0. The van der Waals surface area contributed by atoms with Gasteiger partial charge in [-0.3, -0.25) is 0 Å². The molecule has 0 heterocycles. The molecule has 0 spiro atoms. The number of hydrogen-bond donors (Lipinski definition) is 1. The normalized spacial score (nSPS) is 27.6. The van der Waals surface area contributed by atoms with Gasteiger partial charge in [0.15, 0.2) is 0 Å². The summed E-state index contributed by atoms with van der Waals surface area (Å²) in [5, 5.41) is 3.57. The molecule has 0 bridgehead atoms. The van der Waals surface area contributed by atoms with Gasteiger partial charge in [0.05, 0.1) is 0 Å². The van der Waals surface area contributed by atoms with Crippen LogP contribution in [0, 0.1) is 23.7 Å². The molecule has 1 aliphatic rings. The largest absolute Gasteiger partial charge is 0.314 e. The molecule has 1 rings (SSSR count). The van der Waals surface area contributed by atoms with Crippen molar-refractivity contribution in [1.82, 2.24) is 5.32 Å². The van der Waals surface area contributed by atoms with Crippen LogP contribution >= 0.6 is 0 Å². The molecular formula is C12H21N. The number of hydrogen-bond acceptors (Lipinski definition) is 1. The van der Waals surface area contributed by atoms with Crippen molar-refractivity contribution < 1.29 is 0 Å². The molecule has 1 fully saturated rings. The lowest BCUT2D eigenvalue weighted by Gasteiger charge is -2.16. The molecule has 13 heavy (non-hydrogen) atoms. The summed E-state index contributed by atoms with van der Waals surface area (Å²) in [5.41, 5.74) is 0. The van der Waals surface area contributed by atoms with Crippen LogP contribution < -0.4 is 5.32 Å². The summed E-state index contributed by atoms with van der Waals surface area (Å²) < 4.78 is 0. The maximum atomic E-state index is 3.57. The van der Waals surface area contributed by atoms with Crippen molar-refractivity contribution >= 4 is 0 Å². The van der Waals surface area contributed by atoms with Gasteiger partial charge in [0.2, 0.25) is 0 Å². The van der Waals surface area contributed by atoms with Crippen molar-refractivity contribution in [2.75, 3.05) is 6.54 Å². The summed E-state index contributed by atoms with van der Waals surface area (Å²) in [6.45, 7) is 7.54. The summed E-state index contributed by atoms with van der Waals surface area (Å²) in [4.78, 5) is 0. The minimum Gasteiger partial charge on any atom is -0.314 e. The zero-order valence-corrected chi connectivity index (χ0v) is 9.06. The number of rotatable bonds is 5. The second-order valence-electron chi connectivity index (χ2n) is 4.01. The second-order valence-corrected chi connectivity index (χ2v) is 4.01. The van der Waals surface area contributed by atoms with Gasteiger partial charge in [-0.25, -0.2) is 0 Å². The lowest BCUT2D eigenvalue weighted by Crippen LogP contribution is -2.31. The molecule has 0 aliphatic heterocycles. The third-order valence-electron chi connectivity index (χ3n) is 2.91. The minimum absolute atomic E-state index is 0.723. The van der Waals surface area contributed by atoms with Crippen molar-refractivity contribution in [3.8, 4) is 11.8 Å². The summed E-state index contributed by atoms with van der Waals surface area (Å²) in [6, 6.07) is 0.723. The fourth-order valence-corrected chi connectivity index (χ4v) is 1.99. The summed E-state index contributed by atoms with van der Waals surface area (Å²) in [7, 11) is 0. The minimum atomic E-state index is 0.723. The van der Waals surface area contributed by atoms with Crippen LogP contribution in [0.1, 0.15) is 40.0 Å². The maximum Gasteiger partial charge on any atom is 0.0107 e. The van der Waals surface area contributed by atoms with Crippen molar-refractivity contribution in [2.24, 2.45) is 11.8 Å². The zero-order valence-electron chi connectivity index (χ0n) is 9.06. The van der Waals surface area contributed by atoms with Gasteiger partial charge in [-0.2, -0.15) is 0 Å². The van der Waals surface area contributed by atoms with Crippen LogP contribution in [-0.4, -0.2) is 12.6 Å². The summed E-state index contributed by atoms with van der Waals surface area (Å²) in [5.74, 6) is 7.98. The Kier molecular flexibility index (Phi) is 4.32. The Balaban J connectivity index is 2.24. The molecule has 1 nitrogen and oxygen atoms in total. The third kappa shape index (κ3) is 3.40. The van der Waals surface area contributed by atoms with Crippen molar-refractivity contribution in [1.29, 1.82) is 0 Å². The highest BCUT2D eigenvalue weighted by molar-refractivity contribution is 4.98. The van der Waals surface area contributed by atoms with Gasteiger partial charge < -0.3 is 5.32 Å². The molecule has 3 unspecified atom stereocenters. The smallest absolute Gasteiger partial charge is 0.0107 e. The van der Waals surface area contributed by atoms with E-state index in [2.05, 4.69) is 31.0 Å². The van der Waals surface area contributed by atoms with Gasteiger partial charge in [0, 0.05) is 12.5 Å². The molecule has 74 valence electrons. The molecule has 1 saturated carbocycles. The van der Waals surface area contributed by atoms with E-state index in [0.29, 0.717) is 0 Å². The molecule has 0 aromatic rings. The van der Waals surface area contributed by atoms with Crippen molar-refractivity contribution in [3.05, 3.63) is 0 Å². The Bertz CT molecular complexity index is 199. The first-order valence-corrected chi connectivity index (χ1v) is 5.42. The highest BCUT2D eigenvalue weighted by atomic mass is 14.9. The molecule has 1 heteroatoms. The molecular weight excluding hydrogens is 158 g/mol. The van der Waals surface area contributed by atoms with Crippen LogP contribution in [-0.2, 0) is 0 Å². The predicted molar refractivity (Wildman–Crippen MR) is 57.4 cm³/mol. The van der Waals surface area contributed by atoms with Crippen LogP contribution in [0.25, 0.3) is 0 Å². The highest BCUT2D eigenvalue weighted by Crippen LogP contribution is 2.41. The van der Waals surface area contributed by atoms with Crippen molar-refractivity contribution in [3.63, 3.8) is 0 Å². The van der Waals surface area contributed by atoms with Crippen LogP contribution in [0.4, 0.5) is 0 Å². The molecule has 3 atom stereocenters. The van der Waals surface area contributed by atoms with Crippen LogP contribution in [0.2, 0.25) is 0 Å². The third-order valence-corrected chi connectivity index (χ3v) is 2.91. The molecule has 0 saturated heterocycles. The molecule has 1 aliphatic carbocycles. The van der Waals surface area contributed by atoms with E-state index in [1.165, 1.54) is 12.8 Å². The fourth-order valence-electron chi connectivity index (χ4n) is 1.99. The summed E-state index contributed by atoms with van der Waals surface area (Å²) in [6.07, 6.45) is 3.69. The molecule has 0 radical (unpaired) electrons. The Hall–Kier alpha value is -0.480. The van der Waals surface area contributed by atoms with Gasteiger partial charge in [-0.15, -0.1) is 11.8 Å². The first-order chi connectivity index (χ1) is 6.29. The van der Waals surface area contributed by atoms with E-state index in [4.69, 9.17) is 0 Å². The zero-order chi connectivity index (χ0) is 9.68. The quantitative estimate of drug-likeness (QED) is 0.639. The van der Waals surface area contributed by atoms with E-state index in [1.807, 2.05) is 6.92 Å². The average Bonchev–Trinajstić information content (AvgIpc) is 2.82. The predicted octanol–water partition coefficient (Wildman–Crippen LogP) is 2.42. The van der Waals surface area contributed by atoms with Gasteiger partial charge >= 0.3 is 0 Å². The second kappa shape index (κ2) is 5.29. The first kappa shape index (κ1) is 10.6. The van der Waals surface area contributed by atoms with Crippen LogP contribution in [0.3, 0.4) is 0 Å². The van der Waals surface area contributed by atoms with E-state index >= 15 is 0 Å². The Labute approximate surface area is 82.3 Å². The lowest BCUT2D eigenvalue weighted by atomic mass is 10.1. The highest BCUT2D eigenvalue weighted by Gasteiger charge is 2.38. The Morgan fingerprint density at radius 1 is 1.54 bits per heavy atom. The monoisotopic (exact) mass is 179 g/mol. The van der Waals surface area contributed by atoms with Gasteiger partial charge in [-0.1, -0.05) is 13.8 Å². The van der Waals surface area contributed by atoms with E-state index in [-0.39, 0.29) is 0 Å². The average molecular weight is 179 g/mol. The fraction of sp³-hybridized carbons (Fsp3) is 0.833. The molecule has 0 aromatic carbocycles. The van der Waals surface area contributed by atoms with Crippen LogP contribution in [0.15, 0.2) is 0 Å². The number of nitrogens with one attached hydrogen (secondary N) is 1. The van der Waals surface area contributed by atoms with Gasteiger partial charge in [0.25, 0.3) is 0 Å². The standard InChI is InChI=1S/C12H21N/c1-4-6-7-8-12(13-5-2)11-9-10(11)3/h10-13H,5,7-9H2,1-3H3. The Morgan fingerprint density at radius 2 is 2.23 bits per heavy atom. The van der Waals surface area contributed by atoms with E-state index < -0.39 is 0 Å². The van der Waals surface area contributed by atoms with Crippen molar-refractivity contribution in [2.45, 2.75) is 46.1 Å². The van der Waals surface area contributed by atoms with Gasteiger partial charge in [0.1, 0.15) is 0 Å². The topological polar surface area (TPSA) is 12.0 Å². The van der Waals surface area contributed by atoms with Crippen LogP contribution in [0.5, 0.6) is 0 Å². The molecule has 0 amide bonds. The maximum absolute atomic E-state index is 3.57.